The van der Waals surface area contributed by atoms with Crippen molar-refractivity contribution in [3.63, 3.8) is 0 Å². The van der Waals surface area contributed by atoms with Gasteiger partial charge in [-0.2, -0.15) is 0 Å². The second-order valence-electron chi connectivity index (χ2n) is 20.0. The summed E-state index contributed by atoms with van der Waals surface area (Å²) in [7, 11) is 0. The van der Waals surface area contributed by atoms with Gasteiger partial charge in [-0.25, -0.2) is 4.79 Å². The summed E-state index contributed by atoms with van der Waals surface area (Å²) in [6.07, 6.45) is -5.80. The van der Waals surface area contributed by atoms with Crippen molar-refractivity contribution >= 4 is 82.9 Å². The van der Waals surface area contributed by atoms with Crippen LogP contribution in [0.5, 0.6) is 0 Å². The van der Waals surface area contributed by atoms with Crippen LogP contribution in [0.4, 0.5) is 0 Å². The number of primary amides is 1. The maximum Gasteiger partial charge on any atom is 0.326 e. The van der Waals surface area contributed by atoms with Gasteiger partial charge in [-0.05, 0) is 70.1 Å². The fourth-order valence-electron chi connectivity index (χ4n) is 7.73. The highest BCUT2D eigenvalue weighted by Gasteiger charge is 2.41. The maximum absolute atomic E-state index is 14.3. The van der Waals surface area contributed by atoms with Crippen LogP contribution in [0.1, 0.15) is 120 Å². The Morgan fingerprint density at radius 2 is 0.974 bits per heavy atom. The Morgan fingerprint density at radius 1 is 0.519 bits per heavy atom. The quantitative estimate of drug-likeness (QED) is 0.0289. The van der Waals surface area contributed by atoms with E-state index in [1.54, 1.807) is 41.5 Å². The topological polar surface area (TPSA) is 492 Å². The number of carboxylic acid groups (broad SMARTS) is 4. The zero-order valence-electron chi connectivity index (χ0n) is 44.4. The summed E-state index contributed by atoms with van der Waals surface area (Å²) < 4.78 is 0. The molecule has 0 spiro atoms. The highest BCUT2D eigenvalue weighted by molar-refractivity contribution is 5.99. The molecule has 10 amide bonds. The maximum atomic E-state index is 14.3. The molecule has 0 radical (unpaired) electrons. The number of nitrogens with two attached hydrogens (primary N) is 2. The van der Waals surface area contributed by atoms with Crippen LogP contribution < -0.4 is 54.0 Å². The molecule has 1 aliphatic heterocycles. The van der Waals surface area contributed by atoms with Gasteiger partial charge in [0, 0.05) is 19.4 Å². The number of nitrogens with zero attached hydrogens (tertiary/aromatic N) is 1. The van der Waals surface area contributed by atoms with E-state index in [0.29, 0.717) is 0 Å². The Bertz CT molecular complexity index is 2170. The van der Waals surface area contributed by atoms with Crippen molar-refractivity contribution in [1.29, 1.82) is 0 Å². The Morgan fingerprint density at radius 3 is 1.44 bits per heavy atom. The van der Waals surface area contributed by atoms with E-state index in [1.807, 2.05) is 5.32 Å². The van der Waals surface area contributed by atoms with E-state index in [2.05, 4.69) is 37.2 Å². The third-order valence-corrected chi connectivity index (χ3v) is 11.9. The van der Waals surface area contributed by atoms with Crippen LogP contribution in [0.3, 0.4) is 0 Å². The monoisotopic (exact) mass is 1100 g/mol. The van der Waals surface area contributed by atoms with Gasteiger partial charge in [0.15, 0.2) is 0 Å². The number of likely N-dealkylation sites (tertiary alicyclic amines) is 1. The first kappa shape index (κ1) is 67.5. The Kier molecular flexibility index (Phi) is 28.2. The number of aliphatic hydroxyl groups excluding tert-OH is 1. The molecule has 1 rings (SSSR count). The number of amides is 10. The highest BCUT2D eigenvalue weighted by Crippen LogP contribution is 2.21. The molecule has 0 aliphatic carbocycles. The zero-order valence-corrected chi connectivity index (χ0v) is 44.4. The minimum Gasteiger partial charge on any atom is -0.481 e. The normalized spacial score (nSPS) is 17.1. The fraction of sp³-hybridized carbons (Fsp3) is 0.702. The summed E-state index contributed by atoms with van der Waals surface area (Å²) >= 11 is 0. The Balaban J connectivity index is 3.43. The first-order valence-corrected chi connectivity index (χ1v) is 25.0. The van der Waals surface area contributed by atoms with Gasteiger partial charge in [-0.15, -0.1) is 0 Å². The molecule has 77 heavy (non-hydrogen) atoms. The Hall–Kier alpha value is -7.50. The smallest absolute Gasteiger partial charge is 0.326 e. The molecular formula is C47H77N11O19. The predicted molar refractivity (Wildman–Crippen MR) is 267 cm³/mol. The molecule has 17 N–H and O–H groups in total. The molecule has 1 heterocycles. The van der Waals surface area contributed by atoms with Crippen LogP contribution in [-0.2, 0) is 67.1 Å². The van der Waals surface area contributed by atoms with Gasteiger partial charge in [0.05, 0.1) is 25.0 Å². The molecule has 0 aromatic carbocycles. The van der Waals surface area contributed by atoms with Crippen LogP contribution in [-0.4, -0.2) is 186 Å². The molecule has 30 nitrogen and oxygen atoms in total. The largest absolute Gasteiger partial charge is 0.481 e. The van der Waals surface area contributed by atoms with Crippen LogP contribution in [0.25, 0.3) is 0 Å². The first-order valence-electron chi connectivity index (χ1n) is 25.0. The minimum absolute atomic E-state index is 0.0346. The SMILES string of the molecule is CC(C)C[C@H](NC(=O)[C@H](CC(=O)O)NC(=O)[C@H](CC(C)C)NC(=O)[C@@H](N)C(C)C)C(=O)N[C@@H](CCC(N)=O)C(=O)N1CCC[C@H]1C(=O)N[C@@H](CCC(=O)O)C(=O)N[C@@H](C)C(=O)N[C@H](C(=O)N[C@@H](CC(=O)O)C(=O)O)[C@@H](C)O. The van der Waals surface area contributed by atoms with Crippen molar-refractivity contribution in [2.24, 2.45) is 29.2 Å². The van der Waals surface area contributed by atoms with Gasteiger partial charge in [0.25, 0.3) is 0 Å². The van der Waals surface area contributed by atoms with Gasteiger partial charge in [0.2, 0.25) is 59.1 Å². The average Bonchev–Trinajstić information content (AvgIpc) is 3.81. The molecule has 1 aliphatic rings. The summed E-state index contributed by atoms with van der Waals surface area (Å²) in [4.78, 5) is 181. The number of aliphatic carboxylic acids is 4. The third kappa shape index (κ3) is 23.9. The summed E-state index contributed by atoms with van der Waals surface area (Å²) in [6.45, 7) is 12.3. The van der Waals surface area contributed by atoms with Crippen LogP contribution >= 0.6 is 0 Å². The second-order valence-corrected chi connectivity index (χ2v) is 20.0. The van der Waals surface area contributed by atoms with E-state index in [-0.39, 0.29) is 50.0 Å². The number of hydrogen-bond donors (Lipinski definition) is 15. The number of rotatable bonds is 34. The second kappa shape index (κ2) is 32.2. The molecule has 1 fully saturated rings. The molecule has 0 aromatic heterocycles. The molecule has 1 saturated heterocycles. The van der Waals surface area contributed by atoms with E-state index < -0.39 is 188 Å². The molecule has 434 valence electrons. The molecule has 30 heteroatoms. The lowest BCUT2D eigenvalue weighted by Crippen LogP contribution is -2.61. The molecule has 11 atom stereocenters. The molecular weight excluding hydrogens is 1020 g/mol. The Labute approximate surface area is 444 Å². The molecule has 0 saturated carbocycles. The van der Waals surface area contributed by atoms with Crippen LogP contribution in [0.2, 0.25) is 0 Å². The summed E-state index contributed by atoms with van der Waals surface area (Å²) in [5.74, 6) is -17.2. The van der Waals surface area contributed by atoms with Gasteiger partial charge in [0.1, 0.15) is 54.4 Å². The van der Waals surface area contributed by atoms with Crippen molar-refractivity contribution in [2.75, 3.05) is 6.54 Å². The van der Waals surface area contributed by atoms with Gasteiger partial charge >= 0.3 is 23.9 Å². The standard InChI is InChI=1S/C47H77N11O19/c1-20(2)16-27(53-42(71)29(18-34(63)64)54-41(70)28(17-21(3)4)55-44(73)36(49)22(5)6)40(69)52-26(11-13-32(48)60)46(75)58-15-9-10-31(58)43(72)51-25(12-14-33(61)62)39(68)50-23(7)38(67)57-37(24(8)59)45(74)56-30(47(76)77)19-35(65)66/h20-31,36-37,59H,9-19,49H2,1-8H3,(H2,48,60)(H,50,68)(H,51,72)(H,52,69)(H,53,71)(H,54,70)(H,55,73)(H,56,74)(H,57,67)(H,61,62)(H,63,64)(H,65,66)(H,76,77)/t23-,24+,25-,26-,27-,28-,29-,30-,31-,36-,37-/m0/s1. The molecule has 0 bridgehead atoms. The van der Waals surface area contributed by atoms with Crippen LogP contribution in [0, 0.1) is 17.8 Å². The summed E-state index contributed by atoms with van der Waals surface area (Å²) in [6, 6.07) is -15.6. The highest BCUT2D eigenvalue weighted by atomic mass is 16.4. The van der Waals surface area contributed by atoms with Gasteiger partial charge in [-0.3, -0.25) is 62.3 Å². The van der Waals surface area contributed by atoms with Gasteiger partial charge < -0.3 is 84.4 Å². The van der Waals surface area contributed by atoms with E-state index in [9.17, 15) is 87.5 Å². The van der Waals surface area contributed by atoms with Crippen molar-refractivity contribution in [3.8, 4) is 0 Å². The van der Waals surface area contributed by atoms with Crippen molar-refractivity contribution in [1.82, 2.24) is 47.4 Å². The van der Waals surface area contributed by atoms with E-state index in [1.165, 1.54) is 0 Å². The van der Waals surface area contributed by atoms with Crippen molar-refractivity contribution in [3.05, 3.63) is 0 Å². The number of carbonyl (C=O) groups is 14. The number of nitrogens with one attached hydrogen (secondary N) is 8. The summed E-state index contributed by atoms with van der Waals surface area (Å²) in [5.41, 5.74) is 11.4. The molecule has 0 unspecified atom stereocenters. The predicted octanol–water partition coefficient (Wildman–Crippen LogP) is -4.50. The van der Waals surface area contributed by atoms with Crippen molar-refractivity contribution < 1.29 is 92.7 Å². The fourth-order valence-corrected chi connectivity index (χ4v) is 7.73. The van der Waals surface area contributed by atoms with E-state index in [4.69, 9.17) is 16.6 Å². The number of carboxylic acids is 4. The van der Waals surface area contributed by atoms with Crippen molar-refractivity contribution in [2.45, 2.75) is 186 Å². The summed E-state index contributed by atoms with van der Waals surface area (Å²) in [5, 5.41) is 66.1. The number of carbonyl (C=O) groups excluding carboxylic acids is 10. The minimum atomic E-state index is -1.95. The zero-order chi connectivity index (χ0) is 59.2. The lowest BCUT2D eigenvalue weighted by atomic mass is 9.99. The average molecular weight is 1100 g/mol. The van der Waals surface area contributed by atoms with E-state index >= 15 is 0 Å². The lowest BCUT2D eigenvalue weighted by molar-refractivity contribution is -0.148. The number of aliphatic hydroxyl groups is 1. The third-order valence-electron chi connectivity index (χ3n) is 11.9. The van der Waals surface area contributed by atoms with E-state index in [0.717, 1.165) is 18.7 Å². The number of hydrogen-bond acceptors (Lipinski definition) is 16. The lowest BCUT2D eigenvalue weighted by Gasteiger charge is -2.31. The molecule has 0 aromatic rings. The van der Waals surface area contributed by atoms with Gasteiger partial charge in [-0.1, -0.05) is 41.5 Å². The first-order chi connectivity index (χ1) is 35.7. The van der Waals surface area contributed by atoms with Crippen LogP contribution in [0.15, 0.2) is 0 Å².